The van der Waals surface area contributed by atoms with Gasteiger partial charge in [0.25, 0.3) is 0 Å². The molecule has 9 heteroatoms. The third-order valence-corrected chi connectivity index (χ3v) is 3.96. The zero-order valence-corrected chi connectivity index (χ0v) is 14.6. The number of carbonyl (C=O) groups is 2. The van der Waals surface area contributed by atoms with E-state index in [0.29, 0.717) is 17.9 Å². The molecule has 142 valence electrons. The molecule has 0 aliphatic carbocycles. The molecule has 0 aromatic heterocycles. The summed E-state index contributed by atoms with van der Waals surface area (Å²) in [6.45, 7) is -0.731. The van der Waals surface area contributed by atoms with Crippen LogP contribution < -0.4 is 10.1 Å². The number of methoxy groups -OCH3 is 2. The number of carbonyl (C=O) groups excluding carboxylic acids is 2. The smallest absolute Gasteiger partial charge is 0.387 e. The zero-order chi connectivity index (χ0) is 19.3. The van der Waals surface area contributed by atoms with Crippen molar-refractivity contribution in [3.05, 3.63) is 41.1 Å². The van der Waals surface area contributed by atoms with Gasteiger partial charge in [-0.2, -0.15) is 8.78 Å². The van der Waals surface area contributed by atoms with Crippen molar-refractivity contribution >= 4 is 12.0 Å². The van der Waals surface area contributed by atoms with Crippen LogP contribution in [0.5, 0.6) is 5.75 Å². The van der Waals surface area contributed by atoms with Crippen LogP contribution in [0, 0.1) is 0 Å². The van der Waals surface area contributed by atoms with E-state index >= 15 is 0 Å². The Morgan fingerprint density at radius 2 is 1.92 bits per heavy atom. The number of urea groups is 1. The summed E-state index contributed by atoms with van der Waals surface area (Å²) in [7, 11) is 2.75. The maximum atomic E-state index is 12.4. The second-order valence-corrected chi connectivity index (χ2v) is 5.47. The average molecular weight is 370 g/mol. The summed E-state index contributed by atoms with van der Waals surface area (Å²) >= 11 is 0. The molecular formula is C17H20F2N2O5. The van der Waals surface area contributed by atoms with E-state index in [1.807, 2.05) is 0 Å². The number of hydrogen-bond acceptors (Lipinski definition) is 5. The van der Waals surface area contributed by atoms with Crippen molar-refractivity contribution in [1.29, 1.82) is 0 Å². The molecule has 2 amide bonds. The first-order valence-corrected chi connectivity index (χ1v) is 7.79. The molecular weight excluding hydrogens is 350 g/mol. The minimum atomic E-state index is -2.93. The lowest BCUT2D eigenvalue weighted by Gasteiger charge is -2.35. The molecule has 1 unspecified atom stereocenters. The van der Waals surface area contributed by atoms with Crippen LogP contribution in [0.2, 0.25) is 0 Å². The fraction of sp³-hybridized carbons (Fsp3) is 0.412. The SMILES string of the molecule is COCCN1C(=O)NC(c2ccc(OC(F)F)cc2)C(C(=O)OC)=C1C. The fourth-order valence-electron chi connectivity index (χ4n) is 2.70. The Hall–Kier alpha value is -2.68. The summed E-state index contributed by atoms with van der Waals surface area (Å²) < 4.78 is 38.7. The van der Waals surface area contributed by atoms with E-state index in [9.17, 15) is 18.4 Å². The van der Waals surface area contributed by atoms with Gasteiger partial charge in [0.1, 0.15) is 5.75 Å². The predicted octanol–water partition coefficient (Wildman–Crippen LogP) is 2.45. The topological polar surface area (TPSA) is 77.1 Å². The summed E-state index contributed by atoms with van der Waals surface area (Å²) in [5.41, 5.74) is 1.23. The maximum Gasteiger partial charge on any atom is 0.387 e. The van der Waals surface area contributed by atoms with Gasteiger partial charge < -0.3 is 19.5 Å². The third kappa shape index (κ3) is 4.29. The van der Waals surface area contributed by atoms with Crippen molar-refractivity contribution in [2.75, 3.05) is 27.4 Å². The first-order chi connectivity index (χ1) is 12.4. The maximum absolute atomic E-state index is 12.4. The standard InChI is InChI=1S/C17H20F2N2O5/c1-10-13(15(22)25-3)14(20-17(23)21(10)8-9-24-2)11-4-6-12(7-5-11)26-16(18)19/h4-7,14,16H,8-9H2,1-3H3,(H,20,23). The molecule has 1 heterocycles. The molecule has 0 bridgehead atoms. The molecule has 26 heavy (non-hydrogen) atoms. The molecule has 1 atom stereocenters. The van der Waals surface area contributed by atoms with Crippen LogP contribution >= 0.6 is 0 Å². The molecule has 0 radical (unpaired) electrons. The zero-order valence-electron chi connectivity index (χ0n) is 14.6. The van der Waals surface area contributed by atoms with Crippen molar-refractivity contribution in [3.63, 3.8) is 0 Å². The quantitative estimate of drug-likeness (QED) is 0.746. The Labute approximate surface area is 149 Å². The number of esters is 1. The summed E-state index contributed by atoms with van der Waals surface area (Å²) in [6, 6.07) is 4.53. The predicted molar refractivity (Wildman–Crippen MR) is 87.6 cm³/mol. The Morgan fingerprint density at radius 3 is 2.46 bits per heavy atom. The number of allylic oxidation sites excluding steroid dienone is 1. The number of ether oxygens (including phenoxy) is 3. The van der Waals surface area contributed by atoms with E-state index in [-0.39, 0.29) is 17.9 Å². The molecule has 7 nitrogen and oxygen atoms in total. The van der Waals surface area contributed by atoms with Gasteiger partial charge in [-0.3, -0.25) is 4.90 Å². The van der Waals surface area contributed by atoms with Gasteiger partial charge in [-0.05, 0) is 24.6 Å². The summed E-state index contributed by atoms with van der Waals surface area (Å²) in [6.07, 6.45) is 0. The van der Waals surface area contributed by atoms with E-state index < -0.39 is 24.7 Å². The Morgan fingerprint density at radius 1 is 1.27 bits per heavy atom. The molecule has 1 aromatic rings. The molecule has 0 spiro atoms. The van der Waals surface area contributed by atoms with E-state index in [1.165, 1.54) is 43.4 Å². The number of halogens is 2. The van der Waals surface area contributed by atoms with Gasteiger partial charge in [0.15, 0.2) is 0 Å². The van der Waals surface area contributed by atoms with E-state index in [4.69, 9.17) is 9.47 Å². The van der Waals surface area contributed by atoms with Gasteiger partial charge in [0.05, 0.1) is 31.9 Å². The minimum Gasteiger partial charge on any atom is -0.466 e. The second kappa shape index (κ2) is 8.61. The second-order valence-electron chi connectivity index (χ2n) is 5.47. The molecule has 1 aliphatic heterocycles. The highest BCUT2D eigenvalue weighted by molar-refractivity contribution is 5.95. The van der Waals surface area contributed by atoms with Crippen LogP contribution in [-0.2, 0) is 14.3 Å². The van der Waals surface area contributed by atoms with Gasteiger partial charge in [-0.1, -0.05) is 12.1 Å². The first kappa shape index (κ1) is 19.6. The Balaban J connectivity index is 2.38. The van der Waals surface area contributed by atoms with Crippen LogP contribution in [0.4, 0.5) is 13.6 Å². The molecule has 1 aliphatic rings. The van der Waals surface area contributed by atoms with Crippen LogP contribution in [-0.4, -0.2) is 50.9 Å². The van der Waals surface area contributed by atoms with Gasteiger partial charge in [-0.25, -0.2) is 9.59 Å². The number of amides is 2. The third-order valence-electron chi connectivity index (χ3n) is 3.96. The van der Waals surface area contributed by atoms with Gasteiger partial charge >= 0.3 is 18.6 Å². The summed E-state index contributed by atoms with van der Waals surface area (Å²) in [4.78, 5) is 26.1. The molecule has 1 aromatic carbocycles. The van der Waals surface area contributed by atoms with E-state index in [2.05, 4.69) is 10.1 Å². The molecule has 0 saturated carbocycles. The molecule has 2 rings (SSSR count). The first-order valence-electron chi connectivity index (χ1n) is 7.79. The normalized spacial score (nSPS) is 17.4. The van der Waals surface area contributed by atoms with Gasteiger partial charge in [-0.15, -0.1) is 0 Å². The van der Waals surface area contributed by atoms with Crippen molar-refractivity contribution < 1.29 is 32.6 Å². The van der Waals surface area contributed by atoms with Crippen LogP contribution in [0.25, 0.3) is 0 Å². The van der Waals surface area contributed by atoms with E-state index in [0.717, 1.165) is 0 Å². The highest BCUT2D eigenvalue weighted by Gasteiger charge is 2.36. The van der Waals surface area contributed by atoms with Gasteiger partial charge in [0, 0.05) is 12.8 Å². The molecule has 1 N–H and O–H groups in total. The van der Waals surface area contributed by atoms with Crippen molar-refractivity contribution in [2.45, 2.75) is 19.6 Å². The summed E-state index contributed by atoms with van der Waals surface area (Å²) in [5, 5.41) is 2.73. The van der Waals surface area contributed by atoms with Gasteiger partial charge in [0.2, 0.25) is 0 Å². The highest BCUT2D eigenvalue weighted by Crippen LogP contribution is 2.32. The van der Waals surface area contributed by atoms with Crippen molar-refractivity contribution in [3.8, 4) is 5.75 Å². The summed E-state index contributed by atoms with van der Waals surface area (Å²) in [5.74, 6) is -0.615. The minimum absolute atomic E-state index is 0.0204. The molecule has 0 saturated heterocycles. The van der Waals surface area contributed by atoms with Crippen molar-refractivity contribution in [1.82, 2.24) is 10.2 Å². The Bertz CT molecular complexity index is 691. The van der Waals surface area contributed by atoms with E-state index in [1.54, 1.807) is 6.92 Å². The number of rotatable bonds is 7. The lowest BCUT2D eigenvalue weighted by molar-refractivity contribution is -0.136. The fourth-order valence-corrected chi connectivity index (χ4v) is 2.70. The monoisotopic (exact) mass is 370 g/mol. The number of alkyl halides is 2. The van der Waals surface area contributed by atoms with Crippen LogP contribution in [0.1, 0.15) is 18.5 Å². The number of benzene rings is 1. The largest absolute Gasteiger partial charge is 0.466 e. The lowest BCUT2D eigenvalue weighted by Crippen LogP contribution is -2.48. The Kier molecular flexibility index (Phi) is 6.51. The van der Waals surface area contributed by atoms with Crippen molar-refractivity contribution in [2.24, 2.45) is 0 Å². The van der Waals surface area contributed by atoms with Crippen LogP contribution in [0.3, 0.4) is 0 Å². The highest BCUT2D eigenvalue weighted by atomic mass is 19.3. The number of nitrogens with one attached hydrogen (secondary N) is 1. The average Bonchev–Trinajstić information content (AvgIpc) is 2.60. The molecule has 0 fully saturated rings. The number of hydrogen-bond donors (Lipinski definition) is 1. The lowest BCUT2D eigenvalue weighted by atomic mass is 9.95. The number of nitrogens with zero attached hydrogens (tertiary/aromatic N) is 1. The van der Waals surface area contributed by atoms with Crippen LogP contribution in [0.15, 0.2) is 35.5 Å².